The lowest BCUT2D eigenvalue weighted by Crippen LogP contribution is -2.35. The third-order valence-electron chi connectivity index (χ3n) is 2.81. The van der Waals surface area contributed by atoms with Gasteiger partial charge in [-0.05, 0) is 31.9 Å². The maximum atomic E-state index is 11.8. The molecule has 0 saturated carbocycles. The second-order valence-electron chi connectivity index (χ2n) is 4.54. The van der Waals surface area contributed by atoms with E-state index in [2.05, 4.69) is 12.2 Å². The zero-order valence-corrected chi connectivity index (χ0v) is 11.1. The van der Waals surface area contributed by atoms with Crippen LogP contribution in [0.2, 0.25) is 0 Å². The lowest BCUT2D eigenvalue weighted by Gasteiger charge is -2.13. The van der Waals surface area contributed by atoms with E-state index in [-0.39, 0.29) is 24.2 Å². The zero-order chi connectivity index (χ0) is 13.7. The van der Waals surface area contributed by atoms with E-state index in [1.165, 1.54) is 4.57 Å². The van der Waals surface area contributed by atoms with Crippen LogP contribution in [-0.2, 0) is 11.3 Å². The van der Waals surface area contributed by atoms with Crippen molar-refractivity contribution in [1.29, 1.82) is 0 Å². The van der Waals surface area contributed by atoms with E-state index in [4.69, 9.17) is 5.11 Å². The van der Waals surface area contributed by atoms with E-state index >= 15 is 0 Å². The van der Waals surface area contributed by atoms with Gasteiger partial charge in [-0.25, -0.2) is 4.79 Å². The summed E-state index contributed by atoms with van der Waals surface area (Å²) in [6, 6.07) is 1.82. The number of hydrogen-bond acceptors (Lipinski definition) is 2. The summed E-state index contributed by atoms with van der Waals surface area (Å²) in [6.07, 6.45) is 3.55. The lowest BCUT2D eigenvalue weighted by atomic mass is 10.2. The van der Waals surface area contributed by atoms with Gasteiger partial charge in [0.25, 0.3) is 0 Å². The Labute approximate surface area is 107 Å². The molecule has 0 bridgehead atoms. The van der Waals surface area contributed by atoms with Gasteiger partial charge in [0.15, 0.2) is 0 Å². The number of aromatic carboxylic acids is 1. The second kappa shape index (κ2) is 6.23. The molecule has 100 valence electrons. The minimum Gasteiger partial charge on any atom is -0.477 e. The van der Waals surface area contributed by atoms with E-state index in [0.29, 0.717) is 5.56 Å². The largest absolute Gasteiger partial charge is 0.477 e. The highest BCUT2D eigenvalue weighted by molar-refractivity contribution is 5.88. The summed E-state index contributed by atoms with van der Waals surface area (Å²) in [7, 11) is 0. The van der Waals surface area contributed by atoms with Crippen molar-refractivity contribution < 1.29 is 14.7 Å². The van der Waals surface area contributed by atoms with Gasteiger partial charge in [0.2, 0.25) is 5.91 Å². The number of carboxylic acid groups (broad SMARTS) is 1. The van der Waals surface area contributed by atoms with E-state index in [1.807, 2.05) is 6.92 Å². The number of amides is 1. The monoisotopic (exact) mass is 252 g/mol. The Morgan fingerprint density at radius 1 is 1.50 bits per heavy atom. The van der Waals surface area contributed by atoms with Crippen molar-refractivity contribution in [3.05, 3.63) is 23.5 Å². The molecule has 18 heavy (non-hydrogen) atoms. The molecule has 1 rings (SSSR count). The van der Waals surface area contributed by atoms with E-state index in [1.54, 1.807) is 19.2 Å². The lowest BCUT2D eigenvalue weighted by molar-refractivity contribution is -0.122. The molecule has 1 aromatic heterocycles. The number of carbonyl (C=O) groups excluding carboxylic acids is 1. The van der Waals surface area contributed by atoms with Crippen LogP contribution >= 0.6 is 0 Å². The summed E-state index contributed by atoms with van der Waals surface area (Å²) in [5.74, 6) is -1.17. The number of carbonyl (C=O) groups is 2. The van der Waals surface area contributed by atoms with Gasteiger partial charge in [-0.2, -0.15) is 0 Å². The van der Waals surface area contributed by atoms with Crippen LogP contribution < -0.4 is 5.32 Å². The van der Waals surface area contributed by atoms with Crippen molar-refractivity contribution in [3.63, 3.8) is 0 Å². The molecule has 0 aromatic carbocycles. The Morgan fingerprint density at radius 3 is 2.72 bits per heavy atom. The molecule has 1 aromatic rings. The molecule has 0 fully saturated rings. The zero-order valence-electron chi connectivity index (χ0n) is 11.1. The predicted octanol–water partition coefficient (Wildman–Crippen LogP) is 1.80. The van der Waals surface area contributed by atoms with Crippen LogP contribution in [-0.4, -0.2) is 27.6 Å². The minimum absolute atomic E-state index is 0.0452. The fourth-order valence-corrected chi connectivity index (χ4v) is 1.99. The van der Waals surface area contributed by atoms with Gasteiger partial charge in [0.1, 0.15) is 12.2 Å². The van der Waals surface area contributed by atoms with Gasteiger partial charge in [-0.3, -0.25) is 4.79 Å². The molecule has 0 saturated heterocycles. The Morgan fingerprint density at radius 2 is 2.17 bits per heavy atom. The van der Waals surface area contributed by atoms with E-state index < -0.39 is 5.97 Å². The van der Waals surface area contributed by atoms with Crippen molar-refractivity contribution in [2.75, 3.05) is 0 Å². The first-order valence-corrected chi connectivity index (χ1v) is 6.14. The van der Waals surface area contributed by atoms with Crippen molar-refractivity contribution >= 4 is 11.9 Å². The Balaban J connectivity index is 2.68. The van der Waals surface area contributed by atoms with Crippen LogP contribution in [0.3, 0.4) is 0 Å². The second-order valence-corrected chi connectivity index (χ2v) is 4.54. The van der Waals surface area contributed by atoms with Crippen LogP contribution in [0.5, 0.6) is 0 Å². The van der Waals surface area contributed by atoms with Gasteiger partial charge >= 0.3 is 5.97 Å². The minimum atomic E-state index is -1.01. The summed E-state index contributed by atoms with van der Waals surface area (Å²) in [6.45, 7) is 5.77. The van der Waals surface area contributed by atoms with Gasteiger partial charge in [0, 0.05) is 12.2 Å². The standard InChI is InChI=1S/C13H20N2O3/c1-4-5-10(3)14-11(16)8-15-7-6-9(2)12(15)13(17)18/h6-7,10H,4-5,8H2,1-3H3,(H,14,16)(H,17,18). The molecule has 0 aliphatic rings. The third-order valence-corrected chi connectivity index (χ3v) is 2.81. The predicted molar refractivity (Wildman–Crippen MR) is 68.6 cm³/mol. The summed E-state index contributed by atoms with van der Waals surface area (Å²) < 4.78 is 1.46. The van der Waals surface area contributed by atoms with E-state index in [9.17, 15) is 9.59 Å². The van der Waals surface area contributed by atoms with Gasteiger partial charge < -0.3 is 15.0 Å². The van der Waals surface area contributed by atoms with Crippen LogP contribution in [0, 0.1) is 6.92 Å². The Kier molecular flexibility index (Phi) is 4.95. The van der Waals surface area contributed by atoms with Crippen LogP contribution in [0.1, 0.15) is 42.7 Å². The number of nitrogens with one attached hydrogen (secondary N) is 1. The van der Waals surface area contributed by atoms with Crippen molar-refractivity contribution in [2.45, 2.75) is 46.2 Å². The van der Waals surface area contributed by atoms with Gasteiger partial charge in [-0.15, -0.1) is 0 Å². The number of aryl methyl sites for hydroxylation is 1. The molecule has 1 unspecified atom stereocenters. The molecule has 1 atom stereocenters. The quantitative estimate of drug-likeness (QED) is 0.811. The van der Waals surface area contributed by atoms with Crippen LogP contribution in [0.15, 0.2) is 12.3 Å². The fourth-order valence-electron chi connectivity index (χ4n) is 1.99. The highest BCUT2D eigenvalue weighted by atomic mass is 16.4. The molecule has 0 spiro atoms. The smallest absolute Gasteiger partial charge is 0.352 e. The van der Waals surface area contributed by atoms with Crippen molar-refractivity contribution in [2.24, 2.45) is 0 Å². The van der Waals surface area contributed by atoms with E-state index in [0.717, 1.165) is 12.8 Å². The van der Waals surface area contributed by atoms with Crippen molar-refractivity contribution in [3.8, 4) is 0 Å². The summed E-state index contributed by atoms with van der Waals surface area (Å²) in [4.78, 5) is 22.8. The molecular weight excluding hydrogens is 232 g/mol. The number of nitrogens with zero attached hydrogens (tertiary/aromatic N) is 1. The molecule has 5 nitrogen and oxygen atoms in total. The third kappa shape index (κ3) is 3.61. The topological polar surface area (TPSA) is 71.3 Å². The first kappa shape index (κ1) is 14.3. The number of rotatable bonds is 6. The maximum absolute atomic E-state index is 11.8. The number of aromatic nitrogens is 1. The fraction of sp³-hybridized carbons (Fsp3) is 0.538. The average molecular weight is 252 g/mol. The molecular formula is C13H20N2O3. The molecule has 2 N–H and O–H groups in total. The Hall–Kier alpha value is -1.78. The maximum Gasteiger partial charge on any atom is 0.352 e. The van der Waals surface area contributed by atoms with Crippen LogP contribution in [0.25, 0.3) is 0 Å². The highest BCUT2D eigenvalue weighted by Crippen LogP contribution is 2.09. The average Bonchev–Trinajstić information content (AvgIpc) is 2.59. The summed E-state index contributed by atoms with van der Waals surface area (Å²) in [5, 5.41) is 11.9. The SMILES string of the molecule is CCCC(C)NC(=O)Cn1ccc(C)c1C(=O)O. The molecule has 1 heterocycles. The molecule has 5 heteroatoms. The molecule has 0 aliphatic heterocycles. The molecule has 0 radical (unpaired) electrons. The Bertz CT molecular complexity index is 437. The molecule has 1 amide bonds. The van der Waals surface area contributed by atoms with Crippen LogP contribution in [0.4, 0.5) is 0 Å². The normalized spacial score (nSPS) is 12.2. The summed E-state index contributed by atoms with van der Waals surface area (Å²) in [5.41, 5.74) is 0.838. The molecule has 0 aliphatic carbocycles. The first-order valence-electron chi connectivity index (χ1n) is 6.14. The summed E-state index contributed by atoms with van der Waals surface area (Å²) >= 11 is 0. The first-order chi connectivity index (χ1) is 8.45. The van der Waals surface area contributed by atoms with Crippen molar-refractivity contribution in [1.82, 2.24) is 9.88 Å². The number of carboxylic acids is 1. The highest BCUT2D eigenvalue weighted by Gasteiger charge is 2.15. The van der Waals surface area contributed by atoms with Gasteiger partial charge in [0.05, 0.1) is 0 Å². The number of hydrogen-bond donors (Lipinski definition) is 2. The van der Waals surface area contributed by atoms with Gasteiger partial charge in [-0.1, -0.05) is 13.3 Å².